The molecule has 1 unspecified atom stereocenters. The third-order valence-electron chi connectivity index (χ3n) is 5.90. The second-order valence-corrected chi connectivity index (χ2v) is 9.13. The predicted octanol–water partition coefficient (Wildman–Crippen LogP) is 6.15. The average Bonchev–Trinajstić information content (AvgIpc) is 3.39. The first-order valence-electron chi connectivity index (χ1n) is 10.9. The van der Waals surface area contributed by atoms with Gasteiger partial charge in [0.05, 0.1) is 29.5 Å². The van der Waals surface area contributed by atoms with E-state index in [2.05, 4.69) is 26.0 Å². The van der Waals surface area contributed by atoms with Crippen molar-refractivity contribution in [1.29, 1.82) is 5.41 Å². The smallest absolute Gasteiger partial charge is 0.338 e. The van der Waals surface area contributed by atoms with Crippen molar-refractivity contribution >= 4 is 34.4 Å². The highest BCUT2D eigenvalue weighted by Crippen LogP contribution is 2.35. The zero-order valence-corrected chi connectivity index (χ0v) is 20.0. The van der Waals surface area contributed by atoms with Gasteiger partial charge in [0.25, 0.3) is 0 Å². The van der Waals surface area contributed by atoms with Gasteiger partial charge in [-0.1, -0.05) is 25.1 Å². The summed E-state index contributed by atoms with van der Waals surface area (Å²) in [6, 6.07) is 13.2. The van der Waals surface area contributed by atoms with Gasteiger partial charge < -0.3 is 14.7 Å². The summed E-state index contributed by atoms with van der Waals surface area (Å²) < 4.78 is 5.42. The van der Waals surface area contributed by atoms with Gasteiger partial charge in [0.2, 0.25) is 0 Å². The van der Waals surface area contributed by atoms with Crippen LogP contribution in [0.5, 0.6) is 0 Å². The molecule has 1 aliphatic rings. The number of carbonyl (C=O) groups excluding carboxylic acids is 1. The molecule has 0 aliphatic carbocycles. The lowest BCUT2D eigenvalue weighted by Crippen LogP contribution is -2.26. The Morgan fingerprint density at radius 3 is 2.76 bits per heavy atom. The number of thiazole rings is 1. The van der Waals surface area contributed by atoms with Crippen molar-refractivity contribution in [3.8, 4) is 11.3 Å². The first-order chi connectivity index (χ1) is 15.8. The molecule has 0 spiro atoms. The molecule has 3 aromatic rings. The van der Waals surface area contributed by atoms with Crippen molar-refractivity contribution in [2.24, 2.45) is 0 Å². The van der Waals surface area contributed by atoms with Gasteiger partial charge >= 0.3 is 5.97 Å². The van der Waals surface area contributed by atoms with Crippen molar-refractivity contribution in [2.45, 2.75) is 40.2 Å². The largest absolute Gasteiger partial charge is 0.510 e. The number of aryl methyl sites for hydroxylation is 2. The molecular weight excluding hydrogens is 434 g/mol. The summed E-state index contributed by atoms with van der Waals surface area (Å²) in [5.41, 5.74) is 5.72. The van der Waals surface area contributed by atoms with E-state index in [1.165, 1.54) is 22.5 Å². The van der Waals surface area contributed by atoms with Crippen LogP contribution in [0.3, 0.4) is 0 Å². The molecule has 1 aliphatic heterocycles. The SMILES string of the molecule is CCC(C)OC(=O)c1cccc(N2CC(O)=C(c3nc(-c4ccc(C)c(C)c4)cs3)C2=N)c1. The maximum absolute atomic E-state index is 12.4. The summed E-state index contributed by atoms with van der Waals surface area (Å²) in [7, 11) is 0. The van der Waals surface area contributed by atoms with Crippen LogP contribution >= 0.6 is 11.3 Å². The monoisotopic (exact) mass is 461 g/mol. The van der Waals surface area contributed by atoms with Crippen LogP contribution in [-0.4, -0.2) is 34.5 Å². The Morgan fingerprint density at radius 1 is 1.24 bits per heavy atom. The summed E-state index contributed by atoms with van der Waals surface area (Å²) in [4.78, 5) is 18.8. The lowest BCUT2D eigenvalue weighted by Gasteiger charge is -2.19. The molecule has 170 valence electrons. The van der Waals surface area contributed by atoms with Gasteiger partial charge in [0, 0.05) is 16.6 Å². The van der Waals surface area contributed by atoms with E-state index in [0.717, 1.165) is 17.7 Å². The fourth-order valence-corrected chi connectivity index (χ4v) is 4.48. The van der Waals surface area contributed by atoms with Crippen LogP contribution in [0.2, 0.25) is 0 Å². The fraction of sp³-hybridized carbons (Fsp3) is 0.269. The van der Waals surface area contributed by atoms with Crippen molar-refractivity contribution < 1.29 is 14.6 Å². The van der Waals surface area contributed by atoms with Crippen LogP contribution in [0.15, 0.2) is 53.6 Å². The standard InChI is InChI=1S/C26H27N3O3S/c1-5-17(4)32-26(31)19-7-6-8-20(12-19)29-13-22(30)23(24(29)27)25-28-21(14-33-25)18-10-9-15(2)16(3)11-18/h6-12,14,17,27,30H,5,13H2,1-4H3. The number of nitrogens with zero attached hydrogens (tertiary/aromatic N) is 2. The second kappa shape index (κ2) is 9.19. The first-order valence-corrected chi connectivity index (χ1v) is 11.8. The molecule has 0 bridgehead atoms. The maximum atomic E-state index is 12.4. The lowest BCUT2D eigenvalue weighted by atomic mass is 10.1. The molecule has 4 rings (SSSR count). The van der Waals surface area contributed by atoms with Crippen molar-refractivity contribution in [1.82, 2.24) is 4.98 Å². The fourth-order valence-electron chi connectivity index (χ4n) is 3.58. The number of rotatable bonds is 6. The summed E-state index contributed by atoms with van der Waals surface area (Å²) in [6.07, 6.45) is 0.571. The average molecular weight is 462 g/mol. The molecule has 0 saturated carbocycles. The molecule has 0 saturated heterocycles. The predicted molar refractivity (Wildman–Crippen MR) is 133 cm³/mol. The van der Waals surface area contributed by atoms with E-state index in [4.69, 9.17) is 15.1 Å². The number of carbonyl (C=O) groups is 1. The van der Waals surface area contributed by atoms with Gasteiger partial charge in [-0.3, -0.25) is 5.41 Å². The second-order valence-electron chi connectivity index (χ2n) is 8.27. The highest BCUT2D eigenvalue weighted by molar-refractivity contribution is 7.11. The molecule has 0 amide bonds. The van der Waals surface area contributed by atoms with E-state index in [1.807, 2.05) is 31.4 Å². The van der Waals surface area contributed by atoms with Crippen molar-refractivity contribution in [3.63, 3.8) is 0 Å². The Kier molecular flexibility index (Phi) is 6.33. The summed E-state index contributed by atoms with van der Waals surface area (Å²) in [5.74, 6) is -0.151. The molecule has 33 heavy (non-hydrogen) atoms. The molecule has 1 aromatic heterocycles. The number of anilines is 1. The zero-order chi connectivity index (χ0) is 23.7. The molecule has 0 fully saturated rings. The molecule has 0 radical (unpaired) electrons. The Labute approximate surface area is 197 Å². The Hall–Kier alpha value is -3.45. The van der Waals surface area contributed by atoms with E-state index in [-0.39, 0.29) is 24.2 Å². The van der Waals surface area contributed by atoms with Crippen molar-refractivity contribution in [2.75, 3.05) is 11.4 Å². The number of aliphatic hydroxyl groups is 1. The number of hydrogen-bond donors (Lipinski definition) is 2. The number of esters is 1. The van der Waals surface area contributed by atoms with E-state index in [1.54, 1.807) is 23.1 Å². The number of benzene rings is 2. The van der Waals surface area contributed by atoms with Gasteiger partial charge in [0.15, 0.2) is 0 Å². The zero-order valence-electron chi connectivity index (χ0n) is 19.2. The van der Waals surface area contributed by atoms with Crippen LogP contribution in [0, 0.1) is 19.3 Å². The quantitative estimate of drug-likeness (QED) is 0.430. The topological polar surface area (TPSA) is 86.5 Å². The van der Waals surface area contributed by atoms with Gasteiger partial charge in [-0.25, -0.2) is 9.78 Å². The minimum absolute atomic E-state index is 0.0913. The third kappa shape index (κ3) is 4.54. The van der Waals surface area contributed by atoms with Gasteiger partial charge in [0.1, 0.15) is 16.6 Å². The number of aromatic nitrogens is 1. The van der Waals surface area contributed by atoms with Crippen LogP contribution in [0.4, 0.5) is 5.69 Å². The van der Waals surface area contributed by atoms with Gasteiger partial charge in [-0.05, 0) is 62.6 Å². The number of amidine groups is 1. The molecule has 7 heteroatoms. The normalized spacial score (nSPS) is 14.7. The van der Waals surface area contributed by atoms with Crippen LogP contribution in [0.1, 0.15) is 46.8 Å². The minimum atomic E-state index is -0.396. The highest BCUT2D eigenvalue weighted by atomic mass is 32.1. The molecule has 2 heterocycles. The number of ether oxygens (including phenoxy) is 1. The maximum Gasteiger partial charge on any atom is 0.338 e. The van der Waals surface area contributed by atoms with E-state index in [9.17, 15) is 9.90 Å². The summed E-state index contributed by atoms with van der Waals surface area (Å²) in [5, 5.41) is 22.0. The van der Waals surface area contributed by atoms with E-state index in [0.29, 0.717) is 21.8 Å². The van der Waals surface area contributed by atoms with Crippen LogP contribution in [0.25, 0.3) is 16.8 Å². The lowest BCUT2D eigenvalue weighted by molar-refractivity contribution is 0.0334. The van der Waals surface area contributed by atoms with Crippen molar-refractivity contribution in [3.05, 3.63) is 75.3 Å². The third-order valence-corrected chi connectivity index (χ3v) is 6.76. The van der Waals surface area contributed by atoms with E-state index < -0.39 is 5.97 Å². The molecular formula is C26H27N3O3S. The van der Waals surface area contributed by atoms with Crippen LogP contribution in [-0.2, 0) is 4.74 Å². The Morgan fingerprint density at radius 2 is 2.03 bits per heavy atom. The number of hydrogen-bond acceptors (Lipinski definition) is 6. The number of aliphatic hydroxyl groups excluding tert-OH is 1. The minimum Gasteiger partial charge on any atom is -0.510 e. The van der Waals surface area contributed by atoms with Crippen LogP contribution < -0.4 is 4.90 Å². The first kappa shape index (κ1) is 22.7. The highest BCUT2D eigenvalue weighted by Gasteiger charge is 2.31. The van der Waals surface area contributed by atoms with Gasteiger partial charge in [-0.2, -0.15) is 0 Å². The number of nitrogens with one attached hydrogen (secondary N) is 1. The molecule has 2 aromatic carbocycles. The summed E-state index contributed by atoms with van der Waals surface area (Å²) in [6.45, 7) is 8.10. The van der Waals surface area contributed by atoms with Gasteiger partial charge in [-0.15, -0.1) is 11.3 Å². The molecule has 6 nitrogen and oxygen atoms in total. The Balaban J connectivity index is 1.57. The Bertz CT molecular complexity index is 1260. The van der Waals surface area contributed by atoms with E-state index >= 15 is 0 Å². The molecule has 1 atom stereocenters. The molecule has 2 N–H and O–H groups in total. The summed E-state index contributed by atoms with van der Waals surface area (Å²) >= 11 is 1.40.